The molecule has 0 atom stereocenters. The van der Waals surface area contributed by atoms with Crippen LogP contribution in [0.5, 0.6) is 0 Å². The van der Waals surface area contributed by atoms with Crippen molar-refractivity contribution < 1.29 is 8.78 Å². The van der Waals surface area contributed by atoms with Crippen molar-refractivity contribution in [1.82, 2.24) is 9.97 Å². The minimum Gasteiger partial charge on any atom is -0.247 e. The fourth-order valence-electron chi connectivity index (χ4n) is 9.16. The average Bonchev–Trinajstić information content (AvgIpc) is 3.56. The summed E-state index contributed by atoms with van der Waals surface area (Å²) in [6.07, 6.45) is 0. The maximum absolute atomic E-state index is 15.2. The number of aromatic nitrogens is 2. The molecule has 0 fully saturated rings. The second-order valence-electron chi connectivity index (χ2n) is 14.8. The first-order valence-corrected chi connectivity index (χ1v) is 19.1. The molecule has 4 heteroatoms. The van der Waals surface area contributed by atoms with Crippen molar-refractivity contribution in [2.24, 2.45) is 0 Å². The van der Waals surface area contributed by atoms with Crippen LogP contribution >= 0.6 is 0 Å². The number of hydrogen-bond acceptors (Lipinski definition) is 2. The molecule has 0 radical (unpaired) electrons. The third-order valence-corrected chi connectivity index (χ3v) is 11.7. The summed E-state index contributed by atoms with van der Waals surface area (Å²) < 4.78 is 29.1. The highest BCUT2D eigenvalue weighted by molar-refractivity contribution is 6.14. The highest BCUT2D eigenvalue weighted by Gasteiger charge is 2.46. The van der Waals surface area contributed by atoms with E-state index in [1.54, 1.807) is 0 Å². The van der Waals surface area contributed by atoms with Crippen LogP contribution in [-0.4, -0.2) is 9.97 Å². The molecular formula is C53H32F2N2. The molecule has 2 aromatic heterocycles. The van der Waals surface area contributed by atoms with E-state index in [0.29, 0.717) is 5.56 Å². The van der Waals surface area contributed by atoms with Gasteiger partial charge < -0.3 is 0 Å². The number of halogens is 2. The Morgan fingerprint density at radius 3 is 1.63 bits per heavy atom. The summed E-state index contributed by atoms with van der Waals surface area (Å²) in [5.41, 5.74) is 13.3. The molecule has 0 amide bonds. The first-order valence-electron chi connectivity index (χ1n) is 19.1. The summed E-state index contributed by atoms with van der Waals surface area (Å²) in [6.45, 7) is 0. The Kier molecular flexibility index (Phi) is 7.48. The number of rotatable bonds is 5. The van der Waals surface area contributed by atoms with E-state index in [1.807, 2.05) is 24.3 Å². The molecule has 0 N–H and O–H groups in total. The highest BCUT2D eigenvalue weighted by atomic mass is 19.1. The molecule has 1 aliphatic carbocycles. The number of para-hydroxylation sites is 1. The van der Waals surface area contributed by atoms with Gasteiger partial charge in [-0.3, -0.25) is 0 Å². The molecule has 0 bridgehead atoms. The monoisotopic (exact) mass is 734 g/mol. The number of fused-ring (bicyclic) bond motifs is 7. The standard InChI is InChI=1S/C53H32F2N2/c54-50-28-27-41(52(55)57-50)36-24-26-44-43-25-23-35(31-47(43)53(48(44)32-36,39-12-3-1-4-13-39)40-14-5-2-6-15-40)33-19-21-34(22-20-33)46-30-38-29-37-11-7-10-18-49(37)56-51(38)45-17-9-8-16-42(45)46/h1-32H. The summed E-state index contributed by atoms with van der Waals surface area (Å²) in [5, 5.41) is 4.54. The molecule has 0 unspecified atom stereocenters. The van der Waals surface area contributed by atoms with Crippen molar-refractivity contribution in [3.63, 3.8) is 0 Å². The zero-order chi connectivity index (χ0) is 38.1. The van der Waals surface area contributed by atoms with Crippen molar-refractivity contribution >= 4 is 32.6 Å². The van der Waals surface area contributed by atoms with Crippen molar-refractivity contribution in [3.05, 3.63) is 228 Å². The van der Waals surface area contributed by atoms with Crippen LogP contribution in [0.3, 0.4) is 0 Å². The molecule has 10 aromatic rings. The normalized spacial score (nSPS) is 12.9. The number of nitrogens with zero attached hydrogens (tertiary/aromatic N) is 2. The Morgan fingerprint density at radius 1 is 0.368 bits per heavy atom. The molecule has 0 saturated carbocycles. The van der Waals surface area contributed by atoms with Gasteiger partial charge in [-0.25, -0.2) is 4.98 Å². The average molecular weight is 735 g/mol. The van der Waals surface area contributed by atoms with E-state index >= 15 is 4.39 Å². The van der Waals surface area contributed by atoms with Crippen LogP contribution in [0.1, 0.15) is 22.3 Å². The van der Waals surface area contributed by atoms with Crippen molar-refractivity contribution in [2.75, 3.05) is 0 Å². The second kappa shape index (κ2) is 12.9. The predicted octanol–water partition coefficient (Wildman–Crippen LogP) is 13.6. The van der Waals surface area contributed by atoms with Crippen LogP contribution in [0.2, 0.25) is 0 Å². The van der Waals surface area contributed by atoms with E-state index in [4.69, 9.17) is 4.98 Å². The van der Waals surface area contributed by atoms with Crippen LogP contribution in [0.15, 0.2) is 194 Å². The van der Waals surface area contributed by atoms with Gasteiger partial charge in [0.25, 0.3) is 0 Å². The quantitative estimate of drug-likeness (QED) is 0.0999. The molecular weight excluding hydrogens is 703 g/mol. The zero-order valence-electron chi connectivity index (χ0n) is 30.6. The molecule has 2 nitrogen and oxygen atoms in total. The Bertz CT molecular complexity index is 3150. The third kappa shape index (κ3) is 5.14. The van der Waals surface area contributed by atoms with E-state index in [0.717, 1.165) is 77.3 Å². The van der Waals surface area contributed by atoms with Gasteiger partial charge in [0, 0.05) is 21.7 Å². The van der Waals surface area contributed by atoms with Crippen molar-refractivity contribution in [1.29, 1.82) is 0 Å². The molecule has 1 aliphatic rings. The maximum Gasteiger partial charge on any atom is 0.223 e. The van der Waals surface area contributed by atoms with Crippen LogP contribution in [0.25, 0.3) is 77.1 Å². The van der Waals surface area contributed by atoms with Crippen LogP contribution in [-0.2, 0) is 5.41 Å². The van der Waals surface area contributed by atoms with E-state index in [-0.39, 0.29) is 5.56 Å². The lowest BCUT2D eigenvalue weighted by molar-refractivity contribution is 0.515. The van der Waals surface area contributed by atoms with Crippen LogP contribution in [0, 0.1) is 11.9 Å². The molecule has 0 saturated heterocycles. The van der Waals surface area contributed by atoms with Crippen molar-refractivity contribution in [2.45, 2.75) is 5.41 Å². The number of hydrogen-bond donors (Lipinski definition) is 0. The maximum atomic E-state index is 15.2. The lowest BCUT2D eigenvalue weighted by Crippen LogP contribution is -2.28. The van der Waals surface area contributed by atoms with Gasteiger partial charge in [0.2, 0.25) is 11.9 Å². The second-order valence-corrected chi connectivity index (χ2v) is 14.8. The third-order valence-electron chi connectivity index (χ3n) is 11.7. The highest BCUT2D eigenvalue weighted by Crippen LogP contribution is 2.57. The predicted molar refractivity (Wildman–Crippen MR) is 228 cm³/mol. The van der Waals surface area contributed by atoms with Gasteiger partial charge in [-0.05, 0) is 109 Å². The van der Waals surface area contributed by atoms with Gasteiger partial charge in [-0.15, -0.1) is 0 Å². The molecule has 0 aliphatic heterocycles. The Labute approximate surface area is 328 Å². The first-order chi connectivity index (χ1) is 28.1. The number of benzene rings is 8. The van der Waals surface area contributed by atoms with Gasteiger partial charge in [-0.2, -0.15) is 13.8 Å². The Morgan fingerprint density at radius 2 is 0.930 bits per heavy atom. The number of pyridine rings is 2. The van der Waals surface area contributed by atoms with Gasteiger partial charge in [0.05, 0.1) is 16.4 Å². The van der Waals surface area contributed by atoms with Crippen LogP contribution in [0.4, 0.5) is 8.78 Å². The SMILES string of the molecule is Fc1ccc(-c2ccc3c(c2)C(c2ccccc2)(c2ccccc2)c2cc(-c4ccc(-c5cc6cc7ccccc7nc6c6ccccc56)cc4)ccc2-3)c(F)n1. The van der Waals surface area contributed by atoms with Gasteiger partial charge in [0.1, 0.15) is 0 Å². The van der Waals surface area contributed by atoms with Gasteiger partial charge in [-0.1, -0.05) is 152 Å². The Balaban J connectivity index is 1.08. The summed E-state index contributed by atoms with van der Waals surface area (Å²) in [5.74, 6) is -1.67. The van der Waals surface area contributed by atoms with Crippen LogP contribution < -0.4 is 0 Å². The fraction of sp³-hybridized carbons (Fsp3) is 0.0189. The van der Waals surface area contributed by atoms with E-state index in [9.17, 15) is 4.39 Å². The summed E-state index contributed by atoms with van der Waals surface area (Å²) in [6, 6.07) is 66.7. The molecule has 11 rings (SSSR count). The van der Waals surface area contributed by atoms with Gasteiger partial charge in [0.15, 0.2) is 0 Å². The Hall–Kier alpha value is -7.30. The summed E-state index contributed by atoms with van der Waals surface area (Å²) in [4.78, 5) is 8.60. The van der Waals surface area contributed by atoms with E-state index < -0.39 is 17.3 Å². The van der Waals surface area contributed by atoms with Gasteiger partial charge >= 0.3 is 0 Å². The fourth-order valence-corrected chi connectivity index (χ4v) is 9.16. The molecule has 268 valence electrons. The lowest BCUT2D eigenvalue weighted by atomic mass is 9.67. The molecule has 0 spiro atoms. The smallest absolute Gasteiger partial charge is 0.223 e. The minimum absolute atomic E-state index is 0.259. The first kappa shape index (κ1) is 33.1. The minimum atomic E-state index is -0.843. The molecule has 2 heterocycles. The lowest BCUT2D eigenvalue weighted by Gasteiger charge is -2.34. The van der Waals surface area contributed by atoms with E-state index in [1.165, 1.54) is 23.1 Å². The molecule has 57 heavy (non-hydrogen) atoms. The summed E-state index contributed by atoms with van der Waals surface area (Å²) in [7, 11) is 0. The zero-order valence-corrected chi connectivity index (χ0v) is 30.6. The summed E-state index contributed by atoms with van der Waals surface area (Å²) >= 11 is 0. The van der Waals surface area contributed by atoms with Crippen molar-refractivity contribution in [3.8, 4) is 44.5 Å². The van der Waals surface area contributed by atoms with E-state index in [2.05, 4.69) is 163 Å². The largest absolute Gasteiger partial charge is 0.247 e. The topological polar surface area (TPSA) is 25.8 Å². The molecule has 8 aromatic carbocycles.